The van der Waals surface area contributed by atoms with Crippen LogP contribution in [0.25, 0.3) is 11.0 Å². The summed E-state index contributed by atoms with van der Waals surface area (Å²) in [6, 6.07) is 8.15. The van der Waals surface area contributed by atoms with Gasteiger partial charge in [0.1, 0.15) is 0 Å². The third-order valence-electron chi connectivity index (χ3n) is 2.94. The van der Waals surface area contributed by atoms with Crippen molar-refractivity contribution in [1.82, 2.24) is 9.97 Å². The summed E-state index contributed by atoms with van der Waals surface area (Å²) in [6.07, 6.45) is 1.57. The van der Waals surface area contributed by atoms with Gasteiger partial charge in [-0.25, -0.2) is 4.98 Å². The largest absolute Gasteiger partial charge is 0.345 e. The molecular weight excluding hydrogens is 333 g/mol. The molecular formula is C14H8Cl3N3O. The summed E-state index contributed by atoms with van der Waals surface area (Å²) in [5.74, 6) is -0.299. The van der Waals surface area contributed by atoms with Crippen LogP contribution in [0.4, 0.5) is 5.69 Å². The molecule has 1 aromatic heterocycles. The first-order valence-corrected chi connectivity index (χ1v) is 7.07. The quantitative estimate of drug-likeness (QED) is 0.660. The summed E-state index contributed by atoms with van der Waals surface area (Å²) in [6.45, 7) is 0. The second kappa shape index (κ2) is 5.56. The van der Waals surface area contributed by atoms with Gasteiger partial charge in [-0.15, -0.1) is 0 Å². The van der Waals surface area contributed by atoms with E-state index in [1.807, 2.05) is 0 Å². The number of imidazole rings is 1. The van der Waals surface area contributed by atoms with Crippen LogP contribution in [-0.2, 0) is 0 Å². The van der Waals surface area contributed by atoms with Crippen molar-refractivity contribution in [1.29, 1.82) is 0 Å². The molecule has 106 valence electrons. The first-order valence-electron chi connectivity index (χ1n) is 5.93. The molecule has 2 N–H and O–H groups in total. The van der Waals surface area contributed by atoms with Crippen LogP contribution >= 0.6 is 34.8 Å². The second-order valence-electron chi connectivity index (χ2n) is 4.33. The summed E-state index contributed by atoms with van der Waals surface area (Å²) in [7, 11) is 0. The third-order valence-corrected chi connectivity index (χ3v) is 3.98. The van der Waals surface area contributed by atoms with Crippen molar-refractivity contribution < 1.29 is 4.79 Å². The van der Waals surface area contributed by atoms with Gasteiger partial charge in [0, 0.05) is 5.56 Å². The fourth-order valence-electron chi connectivity index (χ4n) is 1.89. The van der Waals surface area contributed by atoms with Gasteiger partial charge >= 0.3 is 0 Å². The lowest BCUT2D eigenvalue weighted by atomic mass is 10.2. The van der Waals surface area contributed by atoms with Crippen LogP contribution in [0.5, 0.6) is 0 Å². The van der Waals surface area contributed by atoms with E-state index in [2.05, 4.69) is 15.3 Å². The zero-order valence-electron chi connectivity index (χ0n) is 10.5. The molecule has 1 heterocycles. The number of carbonyl (C=O) groups excluding carboxylic acids is 1. The molecule has 0 unspecified atom stereocenters. The number of hydrogen-bond donors (Lipinski definition) is 2. The number of H-pyrrole nitrogens is 1. The summed E-state index contributed by atoms with van der Waals surface area (Å²) in [4.78, 5) is 19.3. The highest BCUT2D eigenvalue weighted by Crippen LogP contribution is 2.32. The number of nitrogens with one attached hydrogen (secondary N) is 2. The summed E-state index contributed by atoms with van der Waals surface area (Å²) >= 11 is 17.8. The van der Waals surface area contributed by atoms with Crippen LogP contribution in [0.15, 0.2) is 36.7 Å². The molecule has 7 heteroatoms. The molecule has 4 nitrogen and oxygen atoms in total. The van der Waals surface area contributed by atoms with Crippen LogP contribution in [0.2, 0.25) is 15.1 Å². The molecule has 0 atom stereocenters. The normalized spacial score (nSPS) is 10.8. The SMILES string of the molecule is O=C(Nc1cc(Cl)c(Cl)cc1Cl)c1ccc2nc[nH]c2c1. The van der Waals surface area contributed by atoms with Crippen molar-refractivity contribution >= 4 is 57.4 Å². The van der Waals surface area contributed by atoms with E-state index >= 15 is 0 Å². The maximum Gasteiger partial charge on any atom is 0.255 e. The highest BCUT2D eigenvalue weighted by molar-refractivity contribution is 6.44. The van der Waals surface area contributed by atoms with E-state index in [9.17, 15) is 4.79 Å². The Hall–Kier alpha value is -1.75. The van der Waals surface area contributed by atoms with E-state index in [1.165, 1.54) is 12.1 Å². The Labute approximate surface area is 135 Å². The number of hydrogen-bond acceptors (Lipinski definition) is 2. The molecule has 3 aromatic rings. The molecule has 0 aliphatic carbocycles. The highest BCUT2D eigenvalue weighted by atomic mass is 35.5. The van der Waals surface area contributed by atoms with Gasteiger partial charge in [0.15, 0.2) is 0 Å². The number of halogens is 3. The first-order chi connectivity index (χ1) is 10.0. The summed E-state index contributed by atoms with van der Waals surface area (Å²) in [5, 5.41) is 3.67. The van der Waals surface area contributed by atoms with Gasteiger partial charge in [0.2, 0.25) is 0 Å². The number of nitrogens with zero attached hydrogens (tertiary/aromatic N) is 1. The number of amides is 1. The number of rotatable bonds is 2. The molecule has 0 bridgehead atoms. The first kappa shape index (κ1) is 14.2. The van der Waals surface area contributed by atoms with Gasteiger partial charge < -0.3 is 10.3 Å². The molecule has 3 rings (SSSR count). The Morgan fingerprint density at radius 1 is 1.05 bits per heavy atom. The molecule has 0 aliphatic heterocycles. The van der Waals surface area contributed by atoms with Crippen molar-refractivity contribution in [3.8, 4) is 0 Å². The molecule has 21 heavy (non-hydrogen) atoms. The lowest BCUT2D eigenvalue weighted by Gasteiger charge is -2.09. The second-order valence-corrected chi connectivity index (χ2v) is 5.56. The Kier molecular flexibility index (Phi) is 3.76. The highest BCUT2D eigenvalue weighted by Gasteiger charge is 2.12. The van der Waals surface area contributed by atoms with Crippen molar-refractivity contribution in [2.45, 2.75) is 0 Å². The van der Waals surface area contributed by atoms with Gasteiger partial charge in [-0.1, -0.05) is 34.8 Å². The zero-order valence-corrected chi connectivity index (χ0v) is 12.7. The third kappa shape index (κ3) is 2.83. The van der Waals surface area contributed by atoms with E-state index < -0.39 is 0 Å². The maximum atomic E-state index is 12.2. The molecule has 0 spiro atoms. The predicted molar refractivity (Wildman–Crippen MR) is 85.5 cm³/mol. The van der Waals surface area contributed by atoms with E-state index in [-0.39, 0.29) is 5.91 Å². The Bertz CT molecular complexity index is 845. The zero-order chi connectivity index (χ0) is 15.0. The van der Waals surface area contributed by atoms with Crippen LogP contribution in [0, 0.1) is 0 Å². The fraction of sp³-hybridized carbons (Fsp3) is 0. The standard InChI is InChI=1S/C14H8Cl3N3O/c15-8-4-10(17)12(5-9(8)16)20-14(21)7-1-2-11-13(3-7)19-6-18-11/h1-6H,(H,18,19)(H,20,21). The Balaban J connectivity index is 1.90. The van der Waals surface area contributed by atoms with E-state index in [4.69, 9.17) is 34.8 Å². The number of benzene rings is 2. The number of aromatic amines is 1. The lowest BCUT2D eigenvalue weighted by Crippen LogP contribution is -2.12. The number of carbonyl (C=O) groups is 1. The van der Waals surface area contributed by atoms with Crippen LogP contribution < -0.4 is 5.32 Å². The lowest BCUT2D eigenvalue weighted by molar-refractivity contribution is 0.102. The van der Waals surface area contributed by atoms with Crippen LogP contribution in [-0.4, -0.2) is 15.9 Å². The number of anilines is 1. The molecule has 1 amide bonds. The van der Waals surface area contributed by atoms with Gasteiger partial charge in [-0.05, 0) is 30.3 Å². The Morgan fingerprint density at radius 3 is 2.62 bits per heavy atom. The molecule has 0 saturated carbocycles. The molecule has 0 saturated heterocycles. The molecule has 2 aromatic carbocycles. The Morgan fingerprint density at radius 2 is 1.81 bits per heavy atom. The van der Waals surface area contributed by atoms with E-state index in [0.29, 0.717) is 26.3 Å². The molecule has 0 radical (unpaired) electrons. The number of fused-ring (bicyclic) bond motifs is 1. The molecule has 0 fully saturated rings. The summed E-state index contributed by atoms with van der Waals surface area (Å²) < 4.78 is 0. The smallest absolute Gasteiger partial charge is 0.255 e. The summed E-state index contributed by atoms with van der Waals surface area (Å²) in [5.41, 5.74) is 2.46. The average molecular weight is 341 g/mol. The monoisotopic (exact) mass is 339 g/mol. The van der Waals surface area contributed by atoms with Gasteiger partial charge in [0.05, 0.1) is 38.1 Å². The molecule has 0 aliphatic rings. The number of aromatic nitrogens is 2. The maximum absolute atomic E-state index is 12.2. The van der Waals surface area contributed by atoms with Crippen molar-refractivity contribution in [2.24, 2.45) is 0 Å². The van der Waals surface area contributed by atoms with Crippen molar-refractivity contribution in [3.63, 3.8) is 0 Å². The van der Waals surface area contributed by atoms with Crippen molar-refractivity contribution in [3.05, 3.63) is 57.3 Å². The van der Waals surface area contributed by atoms with Crippen LogP contribution in [0.3, 0.4) is 0 Å². The minimum absolute atomic E-state index is 0.299. The minimum atomic E-state index is -0.299. The van der Waals surface area contributed by atoms with E-state index in [0.717, 1.165) is 11.0 Å². The van der Waals surface area contributed by atoms with Gasteiger partial charge in [0.25, 0.3) is 5.91 Å². The minimum Gasteiger partial charge on any atom is -0.345 e. The predicted octanol–water partition coefficient (Wildman–Crippen LogP) is 4.78. The average Bonchev–Trinajstić information content (AvgIpc) is 2.92. The van der Waals surface area contributed by atoms with Gasteiger partial charge in [-0.3, -0.25) is 4.79 Å². The van der Waals surface area contributed by atoms with E-state index in [1.54, 1.807) is 24.5 Å². The van der Waals surface area contributed by atoms with Crippen LogP contribution in [0.1, 0.15) is 10.4 Å². The topological polar surface area (TPSA) is 57.8 Å². The fourth-order valence-corrected chi connectivity index (χ4v) is 2.48. The van der Waals surface area contributed by atoms with Crippen molar-refractivity contribution in [2.75, 3.05) is 5.32 Å². The van der Waals surface area contributed by atoms with Gasteiger partial charge in [-0.2, -0.15) is 0 Å².